The van der Waals surface area contributed by atoms with Gasteiger partial charge in [0.1, 0.15) is 11.3 Å². The average Bonchev–Trinajstić information content (AvgIpc) is 2.76. The van der Waals surface area contributed by atoms with E-state index in [2.05, 4.69) is 5.32 Å². The molecule has 0 aliphatic carbocycles. The standard InChI is InChI=1S/C16H20N2O4/c1-16(2,3)22-15(21)17-8-9-18-12-7-5-4-6-11(12)10-13(18)14(19)20/h4-7,10H,8-9H2,1-3H3,(H,17,21)(H,19,20). The van der Waals surface area contributed by atoms with Gasteiger partial charge >= 0.3 is 12.1 Å². The molecule has 2 aromatic rings. The Hall–Kier alpha value is -2.50. The summed E-state index contributed by atoms with van der Waals surface area (Å²) in [5.74, 6) is -0.992. The van der Waals surface area contributed by atoms with Crippen LogP contribution in [-0.4, -0.2) is 33.9 Å². The molecule has 0 spiro atoms. The summed E-state index contributed by atoms with van der Waals surface area (Å²) in [5, 5.41) is 12.8. The van der Waals surface area contributed by atoms with Gasteiger partial charge in [-0.1, -0.05) is 18.2 Å². The molecule has 22 heavy (non-hydrogen) atoms. The van der Waals surface area contributed by atoms with Crippen molar-refractivity contribution < 1.29 is 19.4 Å². The molecule has 6 nitrogen and oxygen atoms in total. The van der Waals surface area contributed by atoms with Crippen LogP contribution in [0.1, 0.15) is 31.3 Å². The second kappa shape index (κ2) is 6.09. The molecule has 1 aromatic carbocycles. The van der Waals surface area contributed by atoms with E-state index in [4.69, 9.17) is 4.74 Å². The summed E-state index contributed by atoms with van der Waals surface area (Å²) in [4.78, 5) is 23.0. The number of hydrogen-bond donors (Lipinski definition) is 2. The Morgan fingerprint density at radius 3 is 2.59 bits per heavy atom. The van der Waals surface area contributed by atoms with E-state index in [9.17, 15) is 14.7 Å². The van der Waals surface area contributed by atoms with Crippen molar-refractivity contribution in [2.24, 2.45) is 0 Å². The summed E-state index contributed by atoms with van der Waals surface area (Å²) in [6.07, 6.45) is -0.513. The Labute approximate surface area is 128 Å². The number of aromatic carboxylic acids is 1. The Bertz CT molecular complexity index is 698. The predicted octanol–water partition coefficient (Wildman–Crippen LogP) is 2.86. The number of carboxylic acid groups (broad SMARTS) is 1. The highest BCUT2D eigenvalue weighted by atomic mass is 16.6. The first-order valence-corrected chi connectivity index (χ1v) is 7.06. The molecule has 2 rings (SSSR count). The van der Waals surface area contributed by atoms with Crippen LogP contribution in [0.25, 0.3) is 10.9 Å². The monoisotopic (exact) mass is 304 g/mol. The molecule has 0 aliphatic rings. The number of carboxylic acids is 1. The summed E-state index contributed by atoms with van der Waals surface area (Å²) in [5.41, 5.74) is 0.467. The highest BCUT2D eigenvalue weighted by Gasteiger charge is 2.17. The van der Waals surface area contributed by atoms with Crippen LogP contribution in [0.15, 0.2) is 30.3 Å². The number of nitrogens with one attached hydrogen (secondary N) is 1. The number of carbonyl (C=O) groups is 2. The molecule has 1 aromatic heterocycles. The first kappa shape index (κ1) is 15.9. The van der Waals surface area contributed by atoms with E-state index in [0.717, 1.165) is 10.9 Å². The lowest BCUT2D eigenvalue weighted by Crippen LogP contribution is -2.34. The van der Waals surface area contributed by atoms with Crippen LogP contribution in [0.5, 0.6) is 0 Å². The average molecular weight is 304 g/mol. The third-order valence-electron chi connectivity index (χ3n) is 3.03. The largest absolute Gasteiger partial charge is 0.477 e. The molecule has 1 amide bonds. The van der Waals surface area contributed by atoms with Gasteiger partial charge in [0.05, 0.1) is 0 Å². The smallest absolute Gasteiger partial charge is 0.407 e. The van der Waals surface area contributed by atoms with Crippen molar-refractivity contribution in [1.82, 2.24) is 9.88 Å². The van der Waals surface area contributed by atoms with E-state index in [-0.39, 0.29) is 12.2 Å². The van der Waals surface area contributed by atoms with E-state index in [1.807, 2.05) is 24.3 Å². The number of ether oxygens (including phenoxy) is 1. The molecule has 118 valence electrons. The predicted molar refractivity (Wildman–Crippen MR) is 83.1 cm³/mol. The van der Waals surface area contributed by atoms with Gasteiger partial charge < -0.3 is 19.7 Å². The highest BCUT2D eigenvalue weighted by Crippen LogP contribution is 2.19. The van der Waals surface area contributed by atoms with Crippen molar-refractivity contribution in [3.8, 4) is 0 Å². The van der Waals surface area contributed by atoms with Gasteiger partial charge in [0.15, 0.2) is 0 Å². The quantitative estimate of drug-likeness (QED) is 0.910. The number of rotatable bonds is 4. The number of para-hydroxylation sites is 1. The molecule has 6 heteroatoms. The third kappa shape index (κ3) is 3.78. The van der Waals surface area contributed by atoms with Crippen LogP contribution < -0.4 is 5.32 Å². The maximum atomic E-state index is 11.6. The summed E-state index contributed by atoms with van der Waals surface area (Å²) in [6.45, 7) is 6.00. The summed E-state index contributed by atoms with van der Waals surface area (Å²) in [7, 11) is 0. The van der Waals surface area contributed by atoms with Crippen LogP contribution in [0.4, 0.5) is 4.79 Å². The van der Waals surface area contributed by atoms with Gasteiger partial charge in [0, 0.05) is 24.0 Å². The van der Waals surface area contributed by atoms with E-state index in [1.54, 1.807) is 31.4 Å². The molecule has 2 N–H and O–H groups in total. The second-order valence-corrected chi connectivity index (χ2v) is 5.97. The number of alkyl carbamates (subject to hydrolysis) is 1. The van der Waals surface area contributed by atoms with Crippen LogP contribution in [-0.2, 0) is 11.3 Å². The topological polar surface area (TPSA) is 80.6 Å². The Kier molecular flexibility index (Phi) is 4.40. The number of benzene rings is 1. The fourth-order valence-corrected chi connectivity index (χ4v) is 2.21. The van der Waals surface area contributed by atoms with Gasteiger partial charge in [0.2, 0.25) is 0 Å². The molecule has 0 unspecified atom stereocenters. The summed E-state index contributed by atoms with van der Waals surface area (Å²) >= 11 is 0. The molecule has 0 bridgehead atoms. The zero-order valence-corrected chi connectivity index (χ0v) is 12.9. The van der Waals surface area contributed by atoms with Crippen molar-refractivity contribution in [2.45, 2.75) is 32.9 Å². The van der Waals surface area contributed by atoms with Gasteiger partial charge in [-0.15, -0.1) is 0 Å². The van der Waals surface area contributed by atoms with Crippen LogP contribution in [0, 0.1) is 0 Å². The summed E-state index contributed by atoms with van der Waals surface area (Å²) < 4.78 is 6.82. The van der Waals surface area contributed by atoms with Crippen LogP contribution >= 0.6 is 0 Å². The van der Waals surface area contributed by atoms with Crippen molar-refractivity contribution in [2.75, 3.05) is 6.54 Å². The molecule has 0 radical (unpaired) electrons. The van der Waals surface area contributed by atoms with Crippen molar-refractivity contribution in [1.29, 1.82) is 0 Å². The number of fused-ring (bicyclic) bond motifs is 1. The number of hydrogen-bond acceptors (Lipinski definition) is 3. The van der Waals surface area contributed by atoms with Gasteiger partial charge in [-0.3, -0.25) is 0 Å². The van der Waals surface area contributed by atoms with Crippen molar-refractivity contribution >= 4 is 23.0 Å². The zero-order valence-electron chi connectivity index (χ0n) is 12.9. The van der Waals surface area contributed by atoms with Crippen LogP contribution in [0.2, 0.25) is 0 Å². The molecule has 0 fully saturated rings. The number of carbonyl (C=O) groups excluding carboxylic acids is 1. The number of amides is 1. The van der Waals surface area contributed by atoms with Gasteiger partial charge in [-0.2, -0.15) is 0 Å². The molecular weight excluding hydrogens is 284 g/mol. The first-order chi connectivity index (χ1) is 10.3. The van der Waals surface area contributed by atoms with Crippen molar-refractivity contribution in [3.63, 3.8) is 0 Å². The minimum atomic E-state index is -0.992. The third-order valence-corrected chi connectivity index (χ3v) is 3.03. The lowest BCUT2D eigenvalue weighted by atomic mass is 10.2. The lowest BCUT2D eigenvalue weighted by molar-refractivity contribution is 0.0526. The normalized spacial score (nSPS) is 11.4. The lowest BCUT2D eigenvalue weighted by Gasteiger charge is -2.19. The van der Waals surface area contributed by atoms with E-state index in [0.29, 0.717) is 6.54 Å². The molecule has 0 saturated heterocycles. The number of nitrogens with zero attached hydrogens (tertiary/aromatic N) is 1. The van der Waals surface area contributed by atoms with E-state index < -0.39 is 17.7 Å². The molecular formula is C16H20N2O4. The Morgan fingerprint density at radius 1 is 1.27 bits per heavy atom. The van der Waals surface area contributed by atoms with E-state index in [1.165, 1.54) is 0 Å². The molecule has 0 aliphatic heterocycles. The molecule has 0 atom stereocenters. The summed E-state index contributed by atoms with van der Waals surface area (Å²) in [6, 6.07) is 9.06. The SMILES string of the molecule is CC(C)(C)OC(=O)NCCn1c(C(=O)O)cc2ccccc21. The fourth-order valence-electron chi connectivity index (χ4n) is 2.21. The van der Waals surface area contributed by atoms with Gasteiger partial charge in [0.25, 0.3) is 0 Å². The number of aromatic nitrogens is 1. The minimum absolute atomic E-state index is 0.201. The van der Waals surface area contributed by atoms with E-state index >= 15 is 0 Å². The molecule has 1 heterocycles. The second-order valence-electron chi connectivity index (χ2n) is 5.97. The Balaban J connectivity index is 2.09. The van der Waals surface area contributed by atoms with Crippen molar-refractivity contribution in [3.05, 3.63) is 36.0 Å². The maximum absolute atomic E-state index is 11.6. The zero-order chi connectivity index (χ0) is 16.3. The maximum Gasteiger partial charge on any atom is 0.407 e. The van der Waals surface area contributed by atoms with Crippen LogP contribution in [0.3, 0.4) is 0 Å². The molecule has 0 saturated carbocycles. The fraction of sp³-hybridized carbons (Fsp3) is 0.375. The minimum Gasteiger partial charge on any atom is -0.477 e. The Morgan fingerprint density at radius 2 is 1.95 bits per heavy atom. The van der Waals surface area contributed by atoms with Gasteiger partial charge in [-0.25, -0.2) is 9.59 Å². The highest BCUT2D eigenvalue weighted by molar-refractivity contribution is 5.94. The first-order valence-electron chi connectivity index (χ1n) is 7.06. The van der Waals surface area contributed by atoms with Gasteiger partial charge in [-0.05, 0) is 32.9 Å².